The van der Waals surface area contributed by atoms with Gasteiger partial charge in [0.2, 0.25) is 0 Å². The first-order chi connectivity index (χ1) is 11.2. The first kappa shape index (κ1) is 14.2. The zero-order valence-corrected chi connectivity index (χ0v) is 13.0. The van der Waals surface area contributed by atoms with Crippen molar-refractivity contribution in [1.82, 2.24) is 0 Å². The Labute approximate surface area is 134 Å². The van der Waals surface area contributed by atoms with E-state index in [4.69, 9.17) is 18.9 Å². The fraction of sp³-hybridized carbons (Fsp3) is 0.333. The number of methoxy groups -OCH3 is 2. The topological polar surface area (TPSA) is 57.2 Å². The Balaban J connectivity index is 1.80. The number of para-hydroxylation sites is 1. The van der Waals surface area contributed by atoms with Gasteiger partial charge in [0.15, 0.2) is 17.6 Å². The molecule has 2 aromatic rings. The number of rotatable bonds is 2. The van der Waals surface area contributed by atoms with Crippen molar-refractivity contribution in [3.8, 4) is 23.0 Å². The van der Waals surface area contributed by atoms with E-state index in [0.29, 0.717) is 29.2 Å². The molecule has 0 fully saturated rings. The van der Waals surface area contributed by atoms with Gasteiger partial charge in [-0.1, -0.05) is 18.2 Å². The Hall–Kier alpha value is -2.40. The van der Waals surface area contributed by atoms with E-state index >= 15 is 0 Å². The molecule has 2 atom stereocenters. The van der Waals surface area contributed by atoms with Crippen LogP contribution in [0.2, 0.25) is 0 Å². The quantitative estimate of drug-likeness (QED) is 0.924. The summed E-state index contributed by atoms with van der Waals surface area (Å²) < 4.78 is 22.9. The third-order valence-electron chi connectivity index (χ3n) is 4.52. The van der Waals surface area contributed by atoms with Gasteiger partial charge in [-0.2, -0.15) is 0 Å². The largest absolute Gasteiger partial charge is 0.496 e. The molecule has 1 N–H and O–H groups in total. The van der Waals surface area contributed by atoms with Gasteiger partial charge in [0.1, 0.15) is 11.5 Å². The Bertz CT molecular complexity index is 757. The van der Waals surface area contributed by atoms with Crippen LogP contribution in [0.4, 0.5) is 0 Å². The zero-order chi connectivity index (χ0) is 16.0. The molecule has 4 rings (SSSR count). The lowest BCUT2D eigenvalue weighted by Crippen LogP contribution is -2.47. The summed E-state index contributed by atoms with van der Waals surface area (Å²) in [7, 11) is 3.14. The van der Waals surface area contributed by atoms with E-state index in [1.807, 2.05) is 24.3 Å². The van der Waals surface area contributed by atoms with Crippen molar-refractivity contribution < 1.29 is 24.1 Å². The maximum atomic E-state index is 10.9. The first-order valence-electron chi connectivity index (χ1n) is 7.57. The summed E-state index contributed by atoms with van der Waals surface area (Å²) in [6.07, 6.45) is 0.369. The summed E-state index contributed by atoms with van der Waals surface area (Å²) in [5, 5.41) is 10.9. The molecule has 0 unspecified atom stereocenters. The lowest BCUT2D eigenvalue weighted by atomic mass is 9.93. The van der Waals surface area contributed by atoms with Crippen LogP contribution >= 0.6 is 0 Å². The van der Waals surface area contributed by atoms with E-state index in [1.165, 1.54) is 0 Å². The van der Waals surface area contributed by atoms with Crippen LogP contribution < -0.4 is 18.9 Å². The van der Waals surface area contributed by atoms with Crippen LogP contribution in [0, 0.1) is 0 Å². The average Bonchev–Trinajstić information content (AvgIpc) is 2.87. The normalized spacial score (nSPS) is 24.4. The molecule has 2 aliphatic heterocycles. The second kappa shape index (κ2) is 5.06. The van der Waals surface area contributed by atoms with Crippen molar-refractivity contribution in [2.24, 2.45) is 0 Å². The summed E-state index contributed by atoms with van der Waals surface area (Å²) in [6, 6.07) is 11.3. The van der Waals surface area contributed by atoms with E-state index in [-0.39, 0.29) is 0 Å². The Morgan fingerprint density at radius 3 is 2.57 bits per heavy atom. The van der Waals surface area contributed by atoms with Crippen molar-refractivity contribution in [2.45, 2.75) is 24.7 Å². The number of aryl methyl sites for hydroxylation is 1. The molecule has 0 saturated carbocycles. The van der Waals surface area contributed by atoms with Crippen molar-refractivity contribution in [2.75, 3.05) is 14.2 Å². The standard InChI is InChI=1S/C18H18O5/c1-20-13-7-8-14(21-2)16-15(13)17(19)18(23-16)10-9-11-5-3-4-6-12(11)22-18/h3-8,17,19H,9-10H2,1-2H3/t17-,18+/m0/s1. The highest BCUT2D eigenvalue weighted by molar-refractivity contribution is 5.58. The van der Waals surface area contributed by atoms with E-state index in [9.17, 15) is 5.11 Å². The number of ether oxygens (including phenoxy) is 4. The van der Waals surface area contributed by atoms with Gasteiger partial charge in [-0.05, 0) is 30.2 Å². The van der Waals surface area contributed by atoms with E-state index in [2.05, 4.69) is 0 Å². The fourth-order valence-corrected chi connectivity index (χ4v) is 3.33. The highest BCUT2D eigenvalue weighted by atomic mass is 16.7. The van der Waals surface area contributed by atoms with Gasteiger partial charge in [-0.3, -0.25) is 0 Å². The second-order valence-electron chi connectivity index (χ2n) is 5.74. The monoisotopic (exact) mass is 314 g/mol. The summed E-state index contributed by atoms with van der Waals surface area (Å²) in [5.74, 6) is 1.20. The fourth-order valence-electron chi connectivity index (χ4n) is 3.33. The minimum atomic E-state index is -1.14. The number of aliphatic hydroxyl groups excluding tert-OH is 1. The Kier molecular flexibility index (Phi) is 3.13. The second-order valence-corrected chi connectivity index (χ2v) is 5.74. The highest BCUT2D eigenvalue weighted by Gasteiger charge is 2.54. The van der Waals surface area contributed by atoms with Gasteiger partial charge in [0.05, 0.1) is 19.8 Å². The van der Waals surface area contributed by atoms with E-state index < -0.39 is 11.9 Å². The number of fused-ring (bicyclic) bond motifs is 2. The number of hydrogen-bond acceptors (Lipinski definition) is 5. The van der Waals surface area contributed by atoms with Crippen LogP contribution in [-0.4, -0.2) is 25.1 Å². The molecular formula is C18H18O5. The van der Waals surface area contributed by atoms with Crippen LogP contribution in [0.3, 0.4) is 0 Å². The molecule has 5 nitrogen and oxygen atoms in total. The van der Waals surface area contributed by atoms with Gasteiger partial charge < -0.3 is 24.1 Å². The van der Waals surface area contributed by atoms with Crippen LogP contribution in [0.25, 0.3) is 0 Å². The molecule has 0 radical (unpaired) electrons. The third-order valence-corrected chi connectivity index (χ3v) is 4.52. The molecule has 0 saturated heterocycles. The summed E-state index contributed by atoms with van der Waals surface area (Å²) in [4.78, 5) is 0. The SMILES string of the molecule is COc1ccc(OC)c2c1O[C@]1(CCc3ccccc3O1)[C@H]2O. The molecule has 0 bridgehead atoms. The van der Waals surface area contributed by atoms with Gasteiger partial charge in [0.25, 0.3) is 5.79 Å². The Morgan fingerprint density at radius 2 is 1.78 bits per heavy atom. The number of benzene rings is 2. The van der Waals surface area contributed by atoms with Gasteiger partial charge in [0, 0.05) is 6.42 Å². The van der Waals surface area contributed by atoms with Crippen LogP contribution in [-0.2, 0) is 6.42 Å². The van der Waals surface area contributed by atoms with Crippen molar-refractivity contribution in [1.29, 1.82) is 0 Å². The molecule has 2 heterocycles. The molecule has 23 heavy (non-hydrogen) atoms. The van der Waals surface area contributed by atoms with Gasteiger partial charge in [-0.15, -0.1) is 0 Å². The van der Waals surface area contributed by atoms with Crippen LogP contribution in [0.1, 0.15) is 23.7 Å². The smallest absolute Gasteiger partial charge is 0.282 e. The maximum absolute atomic E-state index is 10.9. The Morgan fingerprint density at radius 1 is 1.04 bits per heavy atom. The third kappa shape index (κ3) is 1.96. The molecule has 2 aliphatic rings. The predicted octanol–water partition coefficient (Wildman–Crippen LogP) is 2.85. The molecular weight excluding hydrogens is 296 g/mol. The van der Waals surface area contributed by atoms with Crippen molar-refractivity contribution >= 4 is 0 Å². The van der Waals surface area contributed by atoms with Crippen LogP contribution in [0.5, 0.6) is 23.0 Å². The summed E-state index contributed by atoms with van der Waals surface area (Å²) in [5.41, 5.74) is 1.69. The van der Waals surface area contributed by atoms with E-state index in [1.54, 1.807) is 26.4 Å². The lowest BCUT2D eigenvalue weighted by Gasteiger charge is -2.36. The highest BCUT2D eigenvalue weighted by Crippen LogP contribution is 2.55. The van der Waals surface area contributed by atoms with Crippen LogP contribution in [0.15, 0.2) is 36.4 Å². The molecule has 5 heteroatoms. The molecule has 0 amide bonds. The summed E-state index contributed by atoms with van der Waals surface area (Å²) >= 11 is 0. The summed E-state index contributed by atoms with van der Waals surface area (Å²) in [6.45, 7) is 0. The zero-order valence-electron chi connectivity index (χ0n) is 13.0. The lowest BCUT2D eigenvalue weighted by molar-refractivity contribution is -0.180. The molecule has 2 aromatic carbocycles. The minimum Gasteiger partial charge on any atom is -0.496 e. The molecule has 0 aliphatic carbocycles. The molecule has 1 spiro atoms. The predicted molar refractivity (Wildman–Crippen MR) is 83.3 cm³/mol. The number of aliphatic hydroxyl groups is 1. The van der Waals surface area contributed by atoms with Gasteiger partial charge in [-0.25, -0.2) is 0 Å². The average molecular weight is 314 g/mol. The maximum Gasteiger partial charge on any atom is 0.282 e. The van der Waals surface area contributed by atoms with Crippen molar-refractivity contribution in [3.05, 3.63) is 47.5 Å². The number of hydrogen-bond donors (Lipinski definition) is 1. The first-order valence-corrected chi connectivity index (χ1v) is 7.57. The van der Waals surface area contributed by atoms with Crippen molar-refractivity contribution in [3.63, 3.8) is 0 Å². The minimum absolute atomic E-state index is 0.485. The molecule has 120 valence electrons. The van der Waals surface area contributed by atoms with E-state index in [0.717, 1.165) is 17.7 Å². The molecule has 0 aromatic heterocycles. The van der Waals surface area contributed by atoms with Gasteiger partial charge >= 0.3 is 0 Å².